The van der Waals surface area contributed by atoms with Gasteiger partial charge in [-0.2, -0.15) is 0 Å². The second-order valence-corrected chi connectivity index (χ2v) is 7.75. The minimum absolute atomic E-state index is 0.0237. The van der Waals surface area contributed by atoms with Crippen LogP contribution in [0.4, 0.5) is 0 Å². The molecule has 1 aromatic heterocycles. The van der Waals surface area contributed by atoms with Crippen molar-refractivity contribution in [2.75, 3.05) is 11.5 Å². The third-order valence-electron chi connectivity index (χ3n) is 3.86. The summed E-state index contributed by atoms with van der Waals surface area (Å²) >= 11 is 0. The summed E-state index contributed by atoms with van der Waals surface area (Å²) in [5, 5.41) is 3.43. The van der Waals surface area contributed by atoms with Gasteiger partial charge in [-0.3, -0.25) is 14.2 Å². The molecule has 22 heavy (non-hydrogen) atoms. The average molecular weight is 320 g/mol. The Bertz CT molecular complexity index is 867. The van der Waals surface area contributed by atoms with Gasteiger partial charge in [0.1, 0.15) is 0 Å². The molecule has 1 aromatic carbocycles. The van der Waals surface area contributed by atoms with E-state index in [4.69, 9.17) is 0 Å². The first kappa shape index (κ1) is 14.8. The minimum Gasteiger partial charge on any atom is -0.348 e. The largest absolute Gasteiger partial charge is 0.348 e. The number of benzene rings is 1. The number of hydrogen-bond acceptors (Lipinski definition) is 4. The van der Waals surface area contributed by atoms with Crippen LogP contribution in [0, 0.1) is 0 Å². The summed E-state index contributed by atoms with van der Waals surface area (Å²) in [6.07, 6.45) is 1.94. The first-order valence-electron chi connectivity index (χ1n) is 7.00. The van der Waals surface area contributed by atoms with E-state index in [0.717, 1.165) is 0 Å². The Morgan fingerprint density at radius 3 is 2.64 bits per heavy atom. The molecule has 1 unspecified atom stereocenters. The van der Waals surface area contributed by atoms with Gasteiger partial charge in [-0.25, -0.2) is 8.42 Å². The van der Waals surface area contributed by atoms with Crippen LogP contribution in [0.15, 0.2) is 30.5 Å². The first-order valence-corrected chi connectivity index (χ1v) is 8.82. The van der Waals surface area contributed by atoms with Gasteiger partial charge in [0.05, 0.1) is 22.6 Å². The number of nitrogens with one attached hydrogen (secondary N) is 1. The maximum absolute atomic E-state index is 12.4. The molecule has 6 nitrogen and oxygen atoms in total. The Labute approximate surface area is 128 Å². The summed E-state index contributed by atoms with van der Waals surface area (Å²) in [4.78, 5) is 24.1. The number of carbonyl (C=O) groups excluding carboxylic acids is 2. The third kappa shape index (κ3) is 2.64. The zero-order valence-corrected chi connectivity index (χ0v) is 12.9. The van der Waals surface area contributed by atoms with E-state index in [1.807, 2.05) is 0 Å². The van der Waals surface area contributed by atoms with E-state index >= 15 is 0 Å². The summed E-state index contributed by atoms with van der Waals surface area (Å²) < 4.78 is 24.4. The molecule has 0 spiro atoms. The van der Waals surface area contributed by atoms with E-state index < -0.39 is 9.84 Å². The highest BCUT2D eigenvalue weighted by atomic mass is 32.2. The minimum atomic E-state index is -3.05. The molecule has 3 rings (SSSR count). The number of fused-ring (bicyclic) bond motifs is 1. The number of aromatic nitrogens is 1. The lowest BCUT2D eigenvalue weighted by atomic mass is 10.1. The number of rotatable bonds is 2. The third-order valence-corrected chi connectivity index (χ3v) is 5.63. The molecule has 1 atom stereocenters. The lowest BCUT2D eigenvalue weighted by Crippen LogP contribution is -2.35. The summed E-state index contributed by atoms with van der Waals surface area (Å²) in [6, 6.07) is 6.77. The van der Waals surface area contributed by atoms with Crippen LogP contribution in [0.5, 0.6) is 0 Å². The molecule has 1 aliphatic rings. The molecule has 1 saturated heterocycles. The molecule has 116 valence electrons. The van der Waals surface area contributed by atoms with Gasteiger partial charge in [-0.1, -0.05) is 18.2 Å². The molecule has 1 amide bonds. The zero-order chi connectivity index (χ0) is 15.9. The molecular weight excluding hydrogens is 304 g/mol. The van der Waals surface area contributed by atoms with Crippen LogP contribution in [0.1, 0.15) is 28.5 Å². The highest BCUT2D eigenvalue weighted by Crippen LogP contribution is 2.22. The van der Waals surface area contributed by atoms with Crippen LogP contribution in [0.2, 0.25) is 0 Å². The van der Waals surface area contributed by atoms with E-state index in [-0.39, 0.29) is 29.4 Å². The van der Waals surface area contributed by atoms with E-state index in [9.17, 15) is 18.0 Å². The maximum Gasteiger partial charge on any atom is 0.253 e. The predicted octanol–water partition coefficient (Wildman–Crippen LogP) is 1.22. The molecule has 0 bridgehead atoms. The molecule has 1 N–H and O–H groups in total. The highest BCUT2D eigenvalue weighted by Gasteiger charge is 2.29. The van der Waals surface area contributed by atoms with Crippen molar-refractivity contribution in [1.29, 1.82) is 0 Å². The van der Waals surface area contributed by atoms with Crippen molar-refractivity contribution >= 4 is 32.6 Å². The number of para-hydroxylation sites is 1. The van der Waals surface area contributed by atoms with Crippen molar-refractivity contribution in [2.24, 2.45) is 0 Å². The van der Waals surface area contributed by atoms with Crippen molar-refractivity contribution < 1.29 is 18.0 Å². The molecule has 0 saturated carbocycles. The van der Waals surface area contributed by atoms with Crippen LogP contribution >= 0.6 is 0 Å². The monoisotopic (exact) mass is 320 g/mol. The number of sulfone groups is 1. The SMILES string of the molecule is CC(=O)n1cc(C(=O)NC2CCS(=O)(=O)C2)c2ccccc21. The lowest BCUT2D eigenvalue weighted by Gasteiger charge is -2.09. The van der Waals surface area contributed by atoms with Crippen molar-refractivity contribution in [1.82, 2.24) is 9.88 Å². The molecule has 2 aromatic rings. The van der Waals surface area contributed by atoms with E-state index in [1.54, 1.807) is 24.3 Å². The zero-order valence-electron chi connectivity index (χ0n) is 12.1. The van der Waals surface area contributed by atoms with Crippen LogP contribution in [0.3, 0.4) is 0 Å². The van der Waals surface area contributed by atoms with Gasteiger partial charge >= 0.3 is 0 Å². The van der Waals surface area contributed by atoms with Gasteiger partial charge in [-0.05, 0) is 12.5 Å². The normalized spacial score (nSPS) is 20.1. The fraction of sp³-hybridized carbons (Fsp3) is 0.333. The molecular formula is C15H16N2O4S. The Morgan fingerprint density at radius 2 is 2.00 bits per heavy atom. The van der Waals surface area contributed by atoms with Crippen molar-refractivity contribution in [3.8, 4) is 0 Å². The van der Waals surface area contributed by atoms with Gasteiger partial charge in [0.2, 0.25) is 5.91 Å². The van der Waals surface area contributed by atoms with Gasteiger partial charge in [0.25, 0.3) is 5.91 Å². The maximum atomic E-state index is 12.4. The number of amides is 1. The first-order chi connectivity index (χ1) is 10.4. The van der Waals surface area contributed by atoms with Crippen LogP contribution < -0.4 is 5.32 Å². The predicted molar refractivity (Wildman–Crippen MR) is 82.8 cm³/mol. The molecule has 7 heteroatoms. The van der Waals surface area contributed by atoms with Gasteiger partial charge in [0, 0.05) is 24.5 Å². The molecule has 0 aliphatic carbocycles. The van der Waals surface area contributed by atoms with Crippen molar-refractivity contribution in [2.45, 2.75) is 19.4 Å². The number of hydrogen-bond donors (Lipinski definition) is 1. The summed E-state index contributed by atoms with van der Waals surface area (Å²) in [7, 11) is -3.05. The fourth-order valence-electron chi connectivity index (χ4n) is 2.79. The van der Waals surface area contributed by atoms with Crippen molar-refractivity contribution in [3.63, 3.8) is 0 Å². The summed E-state index contributed by atoms with van der Waals surface area (Å²) in [5.41, 5.74) is 1.05. The van der Waals surface area contributed by atoms with Gasteiger partial charge < -0.3 is 5.32 Å². The highest BCUT2D eigenvalue weighted by molar-refractivity contribution is 7.91. The summed E-state index contributed by atoms with van der Waals surface area (Å²) in [5.74, 6) is -0.450. The topological polar surface area (TPSA) is 85.2 Å². The van der Waals surface area contributed by atoms with E-state index in [0.29, 0.717) is 22.9 Å². The van der Waals surface area contributed by atoms with Crippen LogP contribution in [-0.2, 0) is 9.84 Å². The van der Waals surface area contributed by atoms with Crippen LogP contribution in [0.25, 0.3) is 10.9 Å². The second-order valence-electron chi connectivity index (χ2n) is 5.52. The van der Waals surface area contributed by atoms with Crippen LogP contribution in [-0.4, -0.2) is 42.3 Å². The fourth-order valence-corrected chi connectivity index (χ4v) is 4.47. The quantitative estimate of drug-likeness (QED) is 0.901. The Hall–Kier alpha value is -2.15. The Balaban J connectivity index is 1.93. The second kappa shape index (κ2) is 5.24. The average Bonchev–Trinajstić information content (AvgIpc) is 2.99. The number of nitrogens with zero attached hydrogens (tertiary/aromatic N) is 1. The van der Waals surface area contributed by atoms with Gasteiger partial charge in [-0.15, -0.1) is 0 Å². The standard InChI is InChI=1S/C15H16N2O4S/c1-10(18)17-8-13(12-4-2-3-5-14(12)17)15(19)16-11-6-7-22(20,21)9-11/h2-5,8,11H,6-7,9H2,1H3,(H,16,19). The number of carbonyl (C=O) groups is 2. The van der Waals surface area contributed by atoms with Crippen molar-refractivity contribution in [3.05, 3.63) is 36.0 Å². The summed E-state index contributed by atoms with van der Waals surface area (Å²) in [6.45, 7) is 1.43. The molecule has 2 heterocycles. The Morgan fingerprint density at radius 1 is 1.27 bits per heavy atom. The Kier molecular flexibility index (Phi) is 3.52. The van der Waals surface area contributed by atoms with E-state index in [1.165, 1.54) is 17.7 Å². The smallest absolute Gasteiger partial charge is 0.253 e. The van der Waals surface area contributed by atoms with E-state index in [2.05, 4.69) is 5.32 Å². The molecule has 1 fully saturated rings. The molecule has 1 aliphatic heterocycles. The lowest BCUT2D eigenvalue weighted by molar-refractivity contribution is 0.0941. The van der Waals surface area contributed by atoms with Gasteiger partial charge in [0.15, 0.2) is 9.84 Å². The molecule has 0 radical (unpaired) electrons.